The van der Waals surface area contributed by atoms with Gasteiger partial charge in [0, 0.05) is 4.75 Å². The van der Waals surface area contributed by atoms with Crippen LogP contribution >= 0.6 is 11.8 Å². The van der Waals surface area contributed by atoms with E-state index in [2.05, 4.69) is 65.8 Å². The monoisotopic (exact) mass is 455 g/mol. The summed E-state index contributed by atoms with van der Waals surface area (Å²) in [5, 5.41) is 17.8. The maximum absolute atomic E-state index is 13.6. The van der Waals surface area contributed by atoms with Crippen LogP contribution in [0.4, 0.5) is 0 Å². The molecule has 3 aliphatic rings. The number of hydrogen-bond donors (Lipinski definition) is 2. The fraction of sp³-hybridized carbons (Fsp3) is 0.591. The van der Waals surface area contributed by atoms with Crippen molar-refractivity contribution in [1.29, 1.82) is 0 Å². The van der Waals surface area contributed by atoms with Crippen LogP contribution in [0.5, 0.6) is 0 Å². The summed E-state index contributed by atoms with van der Waals surface area (Å²) in [4.78, 5) is 30.6. The lowest BCUT2D eigenvalue weighted by atomic mass is 9.93. The van der Waals surface area contributed by atoms with Gasteiger partial charge < -0.3 is 9.80 Å². The smallest absolute Gasteiger partial charge is 0.250 e. The van der Waals surface area contributed by atoms with E-state index in [4.69, 9.17) is 0 Å². The van der Waals surface area contributed by atoms with Crippen molar-refractivity contribution in [3.63, 3.8) is 0 Å². The second kappa shape index (κ2) is 7.02. The van der Waals surface area contributed by atoms with E-state index in [9.17, 15) is 9.59 Å². The van der Waals surface area contributed by atoms with E-state index in [1.165, 1.54) is 5.56 Å². The topological polar surface area (TPSA) is 107 Å². The molecule has 170 valence electrons. The fourth-order valence-corrected chi connectivity index (χ4v) is 6.89. The average Bonchev–Trinajstić information content (AvgIpc) is 3.39. The molecule has 3 unspecified atom stereocenters. The van der Waals surface area contributed by atoms with Crippen molar-refractivity contribution in [2.75, 3.05) is 0 Å². The Bertz CT molecular complexity index is 1050. The van der Waals surface area contributed by atoms with Gasteiger partial charge in [0.15, 0.2) is 5.82 Å². The molecule has 4 heterocycles. The van der Waals surface area contributed by atoms with Crippen molar-refractivity contribution < 1.29 is 9.59 Å². The number of tetrazole rings is 1. The molecule has 3 fully saturated rings. The van der Waals surface area contributed by atoms with Gasteiger partial charge in [0.1, 0.15) is 23.5 Å². The minimum absolute atomic E-state index is 0.0632. The van der Waals surface area contributed by atoms with Gasteiger partial charge in [-0.3, -0.25) is 14.9 Å². The highest BCUT2D eigenvalue weighted by Gasteiger charge is 2.67. The maximum atomic E-state index is 13.6. The van der Waals surface area contributed by atoms with E-state index in [-0.39, 0.29) is 28.0 Å². The predicted molar refractivity (Wildman–Crippen MR) is 120 cm³/mol. The Morgan fingerprint density at radius 3 is 2.34 bits per heavy atom. The van der Waals surface area contributed by atoms with Gasteiger partial charge in [-0.15, -0.1) is 22.0 Å². The number of hydrogen-bond acceptors (Lipinski definition) is 7. The van der Waals surface area contributed by atoms with Crippen LogP contribution in [0.1, 0.15) is 76.5 Å². The van der Waals surface area contributed by atoms with Crippen molar-refractivity contribution in [3.8, 4) is 0 Å². The second-order valence-corrected chi connectivity index (χ2v) is 11.9. The van der Waals surface area contributed by atoms with Crippen molar-refractivity contribution in [2.24, 2.45) is 0 Å². The molecule has 3 saturated heterocycles. The molecule has 0 saturated carbocycles. The number of benzene rings is 1. The number of aromatic nitrogens is 4. The second-order valence-electron chi connectivity index (χ2n) is 10.1. The van der Waals surface area contributed by atoms with Crippen molar-refractivity contribution in [3.05, 3.63) is 41.2 Å². The normalized spacial score (nSPS) is 30.7. The largest absolute Gasteiger partial charge is 0.314 e. The number of carbonyl (C=O) groups is 2. The van der Waals surface area contributed by atoms with Crippen LogP contribution in [0.2, 0.25) is 0 Å². The van der Waals surface area contributed by atoms with Gasteiger partial charge in [-0.1, -0.05) is 43.3 Å². The first-order valence-electron chi connectivity index (χ1n) is 11.0. The minimum Gasteiger partial charge on any atom is -0.314 e. The quantitative estimate of drug-likeness (QED) is 0.682. The number of aromatic amines is 1. The summed E-state index contributed by atoms with van der Waals surface area (Å²) in [5.41, 5.74) is 1.50. The number of amides is 2. The van der Waals surface area contributed by atoms with Gasteiger partial charge in [-0.25, -0.2) is 0 Å². The van der Waals surface area contributed by atoms with Crippen molar-refractivity contribution in [1.82, 2.24) is 35.7 Å². The van der Waals surface area contributed by atoms with Crippen molar-refractivity contribution in [2.45, 2.75) is 81.4 Å². The van der Waals surface area contributed by atoms with Gasteiger partial charge in [0.2, 0.25) is 11.8 Å². The van der Waals surface area contributed by atoms with E-state index in [1.807, 2.05) is 30.9 Å². The molecule has 1 aromatic heterocycles. The molecule has 0 spiro atoms. The molecule has 3 aliphatic heterocycles. The van der Waals surface area contributed by atoms with Crippen LogP contribution in [0.3, 0.4) is 0 Å². The third-order valence-electron chi connectivity index (χ3n) is 6.82. The molecule has 5 rings (SSSR count). The SMILES string of the molecule is CC(C)c1ccc(C2NC(C)(C)N(C3C(=O)N4C(c5nn[nH]n5)C(C)(C)S[C@@H]34)C2=O)cc1. The molecule has 10 heteroatoms. The number of fused-ring (bicyclic) bond motifs is 1. The zero-order valence-electron chi connectivity index (χ0n) is 19.2. The molecule has 0 radical (unpaired) electrons. The lowest BCUT2D eigenvalue weighted by Crippen LogP contribution is -2.71. The first-order chi connectivity index (χ1) is 15.0. The Kier molecular flexibility index (Phi) is 4.69. The fourth-order valence-electron chi connectivity index (χ4n) is 5.22. The zero-order chi connectivity index (χ0) is 23.0. The number of rotatable bonds is 4. The summed E-state index contributed by atoms with van der Waals surface area (Å²) < 4.78 is -0.300. The molecule has 4 atom stereocenters. The van der Waals surface area contributed by atoms with Crippen molar-refractivity contribution >= 4 is 23.6 Å². The number of nitrogens with zero attached hydrogens (tertiary/aromatic N) is 5. The third-order valence-corrected chi connectivity index (χ3v) is 8.38. The lowest BCUT2D eigenvalue weighted by molar-refractivity contribution is -0.165. The summed E-state index contributed by atoms with van der Waals surface area (Å²) in [5.74, 6) is 0.802. The Hall–Kier alpha value is -2.46. The van der Waals surface area contributed by atoms with Crippen LogP contribution in [0, 0.1) is 0 Å². The van der Waals surface area contributed by atoms with Crippen LogP contribution < -0.4 is 5.32 Å². The third kappa shape index (κ3) is 2.99. The number of H-pyrrole nitrogens is 1. The molecule has 2 N–H and O–H groups in total. The lowest BCUT2D eigenvalue weighted by Gasteiger charge is -2.50. The van der Waals surface area contributed by atoms with Gasteiger partial charge in [-0.05, 0) is 44.7 Å². The molecule has 0 bridgehead atoms. The van der Waals surface area contributed by atoms with E-state index in [0.29, 0.717) is 11.7 Å². The molecular weight excluding hydrogens is 426 g/mol. The standard InChI is InChI=1S/C22H29N7O2S/c1-11(2)12-7-9-13(10-8-12)14-18(30)29(22(5,6)23-14)15-19(31)28-16(17-24-26-27-25-17)21(3,4)32-20(15)28/h7-11,14-16,20,23H,1-6H3,(H,24,25,26,27)/t14?,15?,16?,20-/m0/s1. The molecule has 1 aromatic carbocycles. The Morgan fingerprint density at radius 2 is 1.75 bits per heavy atom. The van der Waals surface area contributed by atoms with Crippen LogP contribution in [-0.4, -0.2) is 64.1 Å². The molecule has 32 heavy (non-hydrogen) atoms. The van der Waals surface area contributed by atoms with Gasteiger partial charge >= 0.3 is 0 Å². The van der Waals surface area contributed by atoms with Crippen LogP contribution in [-0.2, 0) is 9.59 Å². The summed E-state index contributed by atoms with van der Waals surface area (Å²) >= 11 is 1.69. The highest BCUT2D eigenvalue weighted by molar-refractivity contribution is 8.01. The molecule has 2 aromatic rings. The minimum atomic E-state index is -0.653. The Morgan fingerprint density at radius 1 is 1.06 bits per heavy atom. The van der Waals surface area contributed by atoms with Gasteiger partial charge in [-0.2, -0.15) is 5.21 Å². The molecular formula is C22H29N7O2S. The summed E-state index contributed by atoms with van der Waals surface area (Å²) in [6.45, 7) is 12.4. The van der Waals surface area contributed by atoms with Crippen LogP contribution in [0.15, 0.2) is 24.3 Å². The predicted octanol–water partition coefficient (Wildman–Crippen LogP) is 2.34. The highest BCUT2D eigenvalue weighted by Crippen LogP contribution is 2.58. The molecule has 9 nitrogen and oxygen atoms in total. The van der Waals surface area contributed by atoms with Crippen LogP contribution in [0.25, 0.3) is 0 Å². The number of β-lactam (4-membered cyclic amide) rings is 1. The van der Waals surface area contributed by atoms with E-state index < -0.39 is 17.7 Å². The van der Waals surface area contributed by atoms with E-state index in [0.717, 1.165) is 5.56 Å². The number of nitrogens with one attached hydrogen (secondary N) is 2. The summed E-state index contributed by atoms with van der Waals surface area (Å²) in [7, 11) is 0. The first kappa shape index (κ1) is 21.4. The molecule has 0 aliphatic carbocycles. The summed E-state index contributed by atoms with van der Waals surface area (Å²) in [6.07, 6.45) is 0. The van der Waals surface area contributed by atoms with E-state index in [1.54, 1.807) is 16.7 Å². The van der Waals surface area contributed by atoms with E-state index >= 15 is 0 Å². The highest BCUT2D eigenvalue weighted by atomic mass is 32.2. The average molecular weight is 456 g/mol. The number of carbonyl (C=O) groups excluding carboxylic acids is 2. The van der Waals surface area contributed by atoms with Gasteiger partial charge in [0.25, 0.3) is 0 Å². The van der Waals surface area contributed by atoms with Gasteiger partial charge in [0.05, 0.1) is 5.66 Å². The Balaban J connectivity index is 1.43. The number of thioether (sulfide) groups is 1. The Labute approximate surface area is 191 Å². The zero-order valence-corrected chi connectivity index (χ0v) is 20.0. The summed E-state index contributed by atoms with van der Waals surface area (Å²) in [6, 6.07) is 6.90. The maximum Gasteiger partial charge on any atom is 0.250 e. The molecule has 2 amide bonds. The first-order valence-corrected chi connectivity index (χ1v) is 11.8.